The number of aromatic hydroxyl groups is 1. The molecule has 0 aliphatic heterocycles. The van der Waals surface area contributed by atoms with E-state index in [0.717, 1.165) is 5.56 Å². The molecule has 0 aromatic heterocycles. The van der Waals surface area contributed by atoms with Crippen LogP contribution in [0.3, 0.4) is 0 Å². The lowest BCUT2D eigenvalue weighted by atomic mass is 9.96. The molecular weight excluding hydrogens is 230 g/mol. The van der Waals surface area contributed by atoms with E-state index >= 15 is 0 Å². The number of nitrogens with one attached hydrogen (secondary N) is 1. The molecule has 1 atom stereocenters. The fraction of sp³-hybridized carbons (Fsp3) is 0.429. The normalized spacial score (nSPS) is 11.9. The van der Waals surface area contributed by atoms with Crippen LogP contribution in [-0.2, 0) is 16.0 Å². The maximum absolute atomic E-state index is 11.8. The largest absolute Gasteiger partial charge is 0.508 e. The first-order chi connectivity index (χ1) is 8.52. The van der Waals surface area contributed by atoms with Crippen molar-refractivity contribution in [1.29, 1.82) is 0 Å². The third kappa shape index (κ3) is 4.57. The zero-order valence-electron chi connectivity index (χ0n) is 10.8. The number of hydrogen-bond acceptors (Lipinski definition) is 3. The standard InChI is InChI=1S/C14H19NO3/c1-3-12(14(18)15-9-10(2)16)8-11-4-6-13(17)7-5-11/h4-7,12,17H,3,8-9H2,1-2H3,(H,15,18)/t12-/m0/s1. The van der Waals surface area contributed by atoms with Crippen molar-refractivity contribution in [3.05, 3.63) is 29.8 Å². The van der Waals surface area contributed by atoms with Crippen LogP contribution in [0.25, 0.3) is 0 Å². The molecular formula is C14H19NO3. The van der Waals surface area contributed by atoms with E-state index in [1.165, 1.54) is 6.92 Å². The Hall–Kier alpha value is -1.84. The number of hydrogen-bond donors (Lipinski definition) is 2. The number of phenolic OH excluding ortho intramolecular Hbond substituents is 1. The Morgan fingerprint density at radius 1 is 1.28 bits per heavy atom. The Kier molecular flexibility index (Phi) is 5.36. The molecule has 0 heterocycles. The molecule has 1 aromatic rings. The number of carbonyl (C=O) groups is 2. The average Bonchev–Trinajstić information content (AvgIpc) is 2.35. The summed E-state index contributed by atoms with van der Waals surface area (Å²) in [5.74, 6) is -0.0784. The molecule has 0 aliphatic rings. The minimum atomic E-state index is -0.145. The number of Topliss-reactive ketones (excluding diaryl/α,β-unsaturated/α-hetero) is 1. The first-order valence-corrected chi connectivity index (χ1v) is 6.08. The molecule has 0 saturated heterocycles. The van der Waals surface area contributed by atoms with Gasteiger partial charge in [-0.25, -0.2) is 0 Å². The number of amides is 1. The summed E-state index contributed by atoms with van der Waals surface area (Å²) >= 11 is 0. The van der Waals surface area contributed by atoms with Crippen molar-refractivity contribution < 1.29 is 14.7 Å². The molecule has 18 heavy (non-hydrogen) atoms. The Labute approximate surface area is 107 Å². The molecule has 1 aromatic carbocycles. The van der Waals surface area contributed by atoms with Gasteiger partial charge in [0.05, 0.1) is 6.54 Å². The van der Waals surface area contributed by atoms with E-state index in [-0.39, 0.29) is 29.9 Å². The molecule has 0 radical (unpaired) electrons. The minimum absolute atomic E-state index is 0.0529. The van der Waals surface area contributed by atoms with E-state index in [4.69, 9.17) is 0 Å². The van der Waals surface area contributed by atoms with Gasteiger partial charge in [0.15, 0.2) is 0 Å². The second kappa shape index (κ2) is 6.79. The SMILES string of the molecule is CC[C@@H](Cc1ccc(O)cc1)C(=O)NCC(C)=O. The highest BCUT2D eigenvalue weighted by Crippen LogP contribution is 2.15. The number of phenols is 1. The highest BCUT2D eigenvalue weighted by atomic mass is 16.3. The molecule has 2 N–H and O–H groups in total. The summed E-state index contributed by atoms with van der Waals surface area (Å²) in [7, 11) is 0. The lowest BCUT2D eigenvalue weighted by molar-refractivity contribution is -0.127. The van der Waals surface area contributed by atoms with Gasteiger partial charge in [-0.2, -0.15) is 0 Å². The fourth-order valence-corrected chi connectivity index (χ4v) is 1.69. The first-order valence-electron chi connectivity index (χ1n) is 6.08. The molecule has 0 fully saturated rings. The number of rotatable bonds is 6. The van der Waals surface area contributed by atoms with Gasteiger partial charge in [0, 0.05) is 5.92 Å². The van der Waals surface area contributed by atoms with Crippen LogP contribution < -0.4 is 5.32 Å². The van der Waals surface area contributed by atoms with Crippen molar-refractivity contribution in [2.45, 2.75) is 26.7 Å². The maximum Gasteiger partial charge on any atom is 0.223 e. The summed E-state index contributed by atoms with van der Waals surface area (Å²) in [6.45, 7) is 3.48. The predicted molar refractivity (Wildman–Crippen MR) is 69.3 cm³/mol. The zero-order valence-corrected chi connectivity index (χ0v) is 10.8. The van der Waals surface area contributed by atoms with Crippen LogP contribution in [0, 0.1) is 5.92 Å². The third-order valence-corrected chi connectivity index (χ3v) is 2.79. The summed E-state index contributed by atoms with van der Waals surface area (Å²) in [4.78, 5) is 22.6. The van der Waals surface area contributed by atoms with Crippen LogP contribution in [0.5, 0.6) is 5.75 Å². The van der Waals surface area contributed by atoms with E-state index in [0.29, 0.717) is 12.8 Å². The molecule has 1 rings (SSSR count). The number of carbonyl (C=O) groups excluding carboxylic acids is 2. The van der Waals surface area contributed by atoms with Gasteiger partial charge in [-0.3, -0.25) is 9.59 Å². The van der Waals surface area contributed by atoms with Gasteiger partial charge in [0.1, 0.15) is 11.5 Å². The summed E-state index contributed by atoms with van der Waals surface area (Å²) < 4.78 is 0. The minimum Gasteiger partial charge on any atom is -0.508 e. The molecule has 0 bridgehead atoms. The molecule has 4 nitrogen and oxygen atoms in total. The van der Waals surface area contributed by atoms with Gasteiger partial charge in [0.25, 0.3) is 0 Å². The van der Waals surface area contributed by atoms with Crippen molar-refractivity contribution in [1.82, 2.24) is 5.32 Å². The van der Waals surface area contributed by atoms with Crippen LogP contribution in [0.15, 0.2) is 24.3 Å². The highest BCUT2D eigenvalue weighted by Gasteiger charge is 2.16. The van der Waals surface area contributed by atoms with Gasteiger partial charge in [-0.05, 0) is 37.5 Å². The Balaban J connectivity index is 2.58. The van der Waals surface area contributed by atoms with Crippen LogP contribution in [0.4, 0.5) is 0 Å². The van der Waals surface area contributed by atoms with E-state index in [1.54, 1.807) is 24.3 Å². The Bertz CT molecular complexity index is 412. The van der Waals surface area contributed by atoms with Gasteiger partial charge in [-0.1, -0.05) is 19.1 Å². The fourth-order valence-electron chi connectivity index (χ4n) is 1.69. The maximum atomic E-state index is 11.8. The van der Waals surface area contributed by atoms with Crippen molar-refractivity contribution in [3.8, 4) is 5.75 Å². The summed E-state index contributed by atoms with van der Waals surface area (Å²) in [5.41, 5.74) is 0.998. The number of benzene rings is 1. The van der Waals surface area contributed by atoms with E-state index < -0.39 is 0 Å². The van der Waals surface area contributed by atoms with Crippen molar-refractivity contribution in [2.24, 2.45) is 5.92 Å². The van der Waals surface area contributed by atoms with Crippen LogP contribution in [0.2, 0.25) is 0 Å². The predicted octanol–water partition coefficient (Wildman–Crippen LogP) is 1.67. The molecule has 0 spiro atoms. The highest BCUT2D eigenvalue weighted by molar-refractivity contribution is 5.85. The summed E-state index contributed by atoms with van der Waals surface area (Å²) in [6, 6.07) is 6.82. The van der Waals surface area contributed by atoms with Gasteiger partial charge in [0.2, 0.25) is 5.91 Å². The van der Waals surface area contributed by atoms with Crippen LogP contribution in [-0.4, -0.2) is 23.3 Å². The molecule has 0 unspecified atom stereocenters. The van der Waals surface area contributed by atoms with Crippen molar-refractivity contribution >= 4 is 11.7 Å². The van der Waals surface area contributed by atoms with Crippen LogP contribution >= 0.6 is 0 Å². The van der Waals surface area contributed by atoms with Gasteiger partial charge >= 0.3 is 0 Å². The lowest BCUT2D eigenvalue weighted by Gasteiger charge is -2.14. The van der Waals surface area contributed by atoms with Crippen molar-refractivity contribution in [2.75, 3.05) is 6.54 Å². The zero-order chi connectivity index (χ0) is 13.5. The first kappa shape index (κ1) is 14.2. The summed E-state index contributed by atoms with van der Waals surface area (Å²) in [5, 5.41) is 11.8. The average molecular weight is 249 g/mol. The Morgan fingerprint density at radius 3 is 2.39 bits per heavy atom. The summed E-state index contributed by atoms with van der Waals surface area (Å²) in [6.07, 6.45) is 1.32. The van der Waals surface area contributed by atoms with E-state index in [2.05, 4.69) is 5.32 Å². The van der Waals surface area contributed by atoms with E-state index in [9.17, 15) is 14.7 Å². The monoisotopic (exact) mass is 249 g/mol. The number of ketones is 1. The quantitative estimate of drug-likeness (QED) is 0.806. The molecule has 1 amide bonds. The molecule has 4 heteroatoms. The molecule has 0 saturated carbocycles. The molecule has 0 aliphatic carbocycles. The topological polar surface area (TPSA) is 66.4 Å². The Morgan fingerprint density at radius 2 is 1.89 bits per heavy atom. The third-order valence-electron chi connectivity index (χ3n) is 2.79. The van der Waals surface area contributed by atoms with E-state index in [1.807, 2.05) is 6.92 Å². The smallest absolute Gasteiger partial charge is 0.223 e. The second-order valence-electron chi connectivity index (χ2n) is 4.40. The van der Waals surface area contributed by atoms with Gasteiger partial charge in [-0.15, -0.1) is 0 Å². The molecule has 98 valence electrons. The van der Waals surface area contributed by atoms with Crippen molar-refractivity contribution in [3.63, 3.8) is 0 Å². The van der Waals surface area contributed by atoms with Gasteiger partial charge < -0.3 is 10.4 Å². The van der Waals surface area contributed by atoms with Crippen LogP contribution in [0.1, 0.15) is 25.8 Å². The lowest BCUT2D eigenvalue weighted by Crippen LogP contribution is -2.34. The second-order valence-corrected chi connectivity index (χ2v) is 4.40.